The van der Waals surface area contributed by atoms with Gasteiger partial charge in [-0.25, -0.2) is 0 Å². The Balaban J connectivity index is 2.21. The van der Waals surface area contributed by atoms with Gasteiger partial charge in [-0.2, -0.15) is 0 Å². The predicted molar refractivity (Wildman–Crippen MR) is 66.4 cm³/mol. The van der Waals surface area contributed by atoms with Crippen molar-refractivity contribution in [2.45, 2.75) is 64.1 Å². The van der Waals surface area contributed by atoms with Crippen molar-refractivity contribution < 1.29 is 10.2 Å². The third kappa shape index (κ3) is 5.28. The van der Waals surface area contributed by atoms with Gasteiger partial charge in [0.05, 0.1) is 11.2 Å². The van der Waals surface area contributed by atoms with Gasteiger partial charge in [0.25, 0.3) is 0 Å². The third-order valence-electron chi connectivity index (χ3n) is 3.44. The number of rotatable bonds is 5. The topological polar surface area (TPSA) is 52.5 Å². The zero-order valence-electron chi connectivity index (χ0n) is 10.9. The molecular weight excluding hydrogens is 202 g/mol. The molecule has 16 heavy (non-hydrogen) atoms. The summed E-state index contributed by atoms with van der Waals surface area (Å²) in [6.07, 6.45) is 4.91. The van der Waals surface area contributed by atoms with Crippen LogP contribution in [0.15, 0.2) is 0 Å². The molecule has 1 saturated carbocycles. The van der Waals surface area contributed by atoms with Gasteiger partial charge in [0.15, 0.2) is 0 Å². The third-order valence-corrected chi connectivity index (χ3v) is 3.44. The molecule has 1 fully saturated rings. The maximum absolute atomic E-state index is 10.3. The van der Waals surface area contributed by atoms with Crippen LogP contribution in [0.4, 0.5) is 0 Å². The number of aliphatic hydroxyl groups is 2. The zero-order chi connectivity index (χ0) is 12.2. The predicted octanol–water partition coefficient (Wildman–Crippen LogP) is 1.68. The molecule has 2 atom stereocenters. The van der Waals surface area contributed by atoms with Crippen molar-refractivity contribution in [1.29, 1.82) is 0 Å². The summed E-state index contributed by atoms with van der Waals surface area (Å²) < 4.78 is 0. The Bertz CT molecular complexity index is 212. The molecule has 1 rings (SSSR count). The van der Waals surface area contributed by atoms with E-state index < -0.39 is 11.2 Å². The highest BCUT2D eigenvalue weighted by atomic mass is 16.3. The van der Waals surface area contributed by atoms with E-state index in [1.807, 2.05) is 13.8 Å². The van der Waals surface area contributed by atoms with Crippen molar-refractivity contribution in [1.82, 2.24) is 5.32 Å². The van der Waals surface area contributed by atoms with Crippen LogP contribution in [0.3, 0.4) is 0 Å². The van der Waals surface area contributed by atoms with E-state index in [1.165, 1.54) is 6.42 Å². The SMILES string of the molecule is CC1CCCC(O)(CNCCC(C)(C)O)C1. The Hall–Kier alpha value is -0.120. The van der Waals surface area contributed by atoms with Crippen molar-refractivity contribution in [2.24, 2.45) is 5.92 Å². The molecule has 3 N–H and O–H groups in total. The Morgan fingerprint density at radius 3 is 2.69 bits per heavy atom. The van der Waals surface area contributed by atoms with Crippen molar-refractivity contribution in [3.05, 3.63) is 0 Å². The molecule has 0 radical (unpaired) electrons. The number of hydrogen-bond donors (Lipinski definition) is 3. The minimum atomic E-state index is -0.616. The van der Waals surface area contributed by atoms with E-state index >= 15 is 0 Å². The highest BCUT2D eigenvalue weighted by Gasteiger charge is 2.32. The normalized spacial score (nSPS) is 31.7. The van der Waals surface area contributed by atoms with Crippen LogP contribution in [-0.4, -0.2) is 34.5 Å². The van der Waals surface area contributed by atoms with E-state index in [4.69, 9.17) is 0 Å². The van der Waals surface area contributed by atoms with E-state index in [0.717, 1.165) is 32.2 Å². The first-order chi connectivity index (χ1) is 7.31. The Labute approximate surface area is 99.3 Å². The van der Waals surface area contributed by atoms with E-state index in [9.17, 15) is 10.2 Å². The lowest BCUT2D eigenvalue weighted by molar-refractivity contribution is -0.0132. The first kappa shape index (κ1) is 13.9. The van der Waals surface area contributed by atoms with Gasteiger partial charge in [0.2, 0.25) is 0 Å². The minimum Gasteiger partial charge on any atom is -0.390 e. The van der Waals surface area contributed by atoms with Gasteiger partial charge in [-0.1, -0.05) is 19.8 Å². The summed E-state index contributed by atoms with van der Waals surface area (Å²) in [5.74, 6) is 0.634. The standard InChI is InChI=1S/C13H27NO2/c1-11-5-4-6-13(16,9-11)10-14-8-7-12(2,3)15/h11,14-16H,4-10H2,1-3H3. The molecule has 0 amide bonds. The summed E-state index contributed by atoms with van der Waals surface area (Å²) in [5.41, 5.74) is -1.13. The molecular formula is C13H27NO2. The summed E-state index contributed by atoms with van der Waals surface area (Å²) in [7, 11) is 0. The lowest BCUT2D eigenvalue weighted by Gasteiger charge is -2.36. The van der Waals surface area contributed by atoms with Crippen LogP contribution in [0.5, 0.6) is 0 Å². The van der Waals surface area contributed by atoms with Crippen LogP contribution in [0.1, 0.15) is 52.9 Å². The first-order valence-electron chi connectivity index (χ1n) is 6.46. The molecule has 1 aliphatic rings. The fraction of sp³-hybridized carbons (Fsp3) is 1.00. The van der Waals surface area contributed by atoms with E-state index in [-0.39, 0.29) is 0 Å². The van der Waals surface area contributed by atoms with E-state index in [2.05, 4.69) is 12.2 Å². The van der Waals surface area contributed by atoms with Gasteiger partial charge in [-0.05, 0) is 45.6 Å². The average molecular weight is 229 g/mol. The lowest BCUT2D eigenvalue weighted by atomic mass is 9.79. The van der Waals surface area contributed by atoms with Gasteiger partial charge in [0.1, 0.15) is 0 Å². The second-order valence-electron chi connectivity index (χ2n) is 6.17. The highest BCUT2D eigenvalue weighted by Crippen LogP contribution is 2.31. The molecule has 2 unspecified atom stereocenters. The van der Waals surface area contributed by atoms with E-state index in [0.29, 0.717) is 12.5 Å². The van der Waals surface area contributed by atoms with Crippen molar-refractivity contribution >= 4 is 0 Å². The molecule has 3 heteroatoms. The van der Waals surface area contributed by atoms with Crippen LogP contribution in [0.25, 0.3) is 0 Å². The van der Waals surface area contributed by atoms with Gasteiger partial charge in [-0.15, -0.1) is 0 Å². The van der Waals surface area contributed by atoms with Crippen LogP contribution in [0, 0.1) is 5.92 Å². The fourth-order valence-corrected chi connectivity index (χ4v) is 2.51. The van der Waals surface area contributed by atoms with Crippen molar-refractivity contribution in [2.75, 3.05) is 13.1 Å². The molecule has 0 spiro atoms. The molecule has 0 aliphatic heterocycles. The fourth-order valence-electron chi connectivity index (χ4n) is 2.51. The summed E-state index contributed by atoms with van der Waals surface area (Å²) in [6, 6.07) is 0. The first-order valence-corrected chi connectivity index (χ1v) is 6.46. The summed E-state index contributed by atoms with van der Waals surface area (Å²) in [5, 5.41) is 23.2. The molecule has 1 aliphatic carbocycles. The highest BCUT2D eigenvalue weighted by molar-refractivity contribution is 4.87. The van der Waals surface area contributed by atoms with Gasteiger partial charge >= 0.3 is 0 Å². The van der Waals surface area contributed by atoms with Gasteiger partial charge in [-0.3, -0.25) is 0 Å². The lowest BCUT2D eigenvalue weighted by Crippen LogP contribution is -2.44. The monoisotopic (exact) mass is 229 g/mol. The van der Waals surface area contributed by atoms with Crippen molar-refractivity contribution in [3.8, 4) is 0 Å². The second-order valence-corrected chi connectivity index (χ2v) is 6.17. The molecule has 0 saturated heterocycles. The van der Waals surface area contributed by atoms with E-state index in [1.54, 1.807) is 0 Å². The maximum atomic E-state index is 10.3. The average Bonchev–Trinajstić information content (AvgIpc) is 2.11. The second kappa shape index (κ2) is 5.48. The van der Waals surface area contributed by atoms with Gasteiger partial charge in [0, 0.05) is 6.54 Å². The van der Waals surface area contributed by atoms with Crippen LogP contribution >= 0.6 is 0 Å². The van der Waals surface area contributed by atoms with Crippen molar-refractivity contribution in [3.63, 3.8) is 0 Å². The molecule has 96 valence electrons. The largest absolute Gasteiger partial charge is 0.390 e. The molecule has 0 aromatic heterocycles. The summed E-state index contributed by atoms with van der Waals surface area (Å²) >= 11 is 0. The molecule has 0 aromatic rings. The summed E-state index contributed by atoms with van der Waals surface area (Å²) in [6.45, 7) is 7.26. The Morgan fingerprint density at radius 1 is 1.44 bits per heavy atom. The number of nitrogens with one attached hydrogen (secondary N) is 1. The maximum Gasteiger partial charge on any atom is 0.0774 e. The molecule has 0 bridgehead atoms. The minimum absolute atomic E-state index is 0.517. The summed E-state index contributed by atoms with van der Waals surface area (Å²) in [4.78, 5) is 0. The van der Waals surface area contributed by atoms with Crippen LogP contribution in [0.2, 0.25) is 0 Å². The quantitative estimate of drug-likeness (QED) is 0.629. The molecule has 0 heterocycles. The Morgan fingerprint density at radius 2 is 2.12 bits per heavy atom. The van der Waals surface area contributed by atoms with Crippen LogP contribution < -0.4 is 5.32 Å². The Kier molecular flexibility index (Phi) is 4.77. The smallest absolute Gasteiger partial charge is 0.0774 e. The molecule has 0 aromatic carbocycles. The van der Waals surface area contributed by atoms with Gasteiger partial charge < -0.3 is 15.5 Å². The number of hydrogen-bond acceptors (Lipinski definition) is 3. The zero-order valence-corrected chi connectivity index (χ0v) is 10.9. The van der Waals surface area contributed by atoms with Crippen LogP contribution in [-0.2, 0) is 0 Å². The molecule has 3 nitrogen and oxygen atoms in total.